The predicted octanol–water partition coefficient (Wildman–Crippen LogP) is 3.70. The van der Waals surface area contributed by atoms with Gasteiger partial charge in [-0.15, -0.1) is 11.3 Å². The van der Waals surface area contributed by atoms with E-state index in [2.05, 4.69) is 10.3 Å². The standard InChI is InChI=1S/C20H20N2O4S/c23-17-9-8-14(11-18(17)24)16-13-27-20(22-16)12-21-19(25)7-4-10-26-15-5-2-1-3-6-15/h1-3,5-6,8-9,11,13,23-24H,4,7,10,12H2,(H,21,25). The summed E-state index contributed by atoms with van der Waals surface area (Å²) in [7, 11) is 0. The fourth-order valence-corrected chi connectivity index (χ4v) is 3.15. The molecule has 27 heavy (non-hydrogen) atoms. The summed E-state index contributed by atoms with van der Waals surface area (Å²) in [6.45, 7) is 0.844. The van der Waals surface area contributed by atoms with E-state index in [1.807, 2.05) is 35.7 Å². The van der Waals surface area contributed by atoms with Crippen LogP contribution >= 0.6 is 11.3 Å². The van der Waals surface area contributed by atoms with Crippen LogP contribution in [0.25, 0.3) is 11.3 Å². The van der Waals surface area contributed by atoms with Crippen LogP contribution in [0.3, 0.4) is 0 Å². The van der Waals surface area contributed by atoms with E-state index in [0.29, 0.717) is 37.3 Å². The van der Waals surface area contributed by atoms with Gasteiger partial charge in [-0.2, -0.15) is 0 Å². The Hall–Kier alpha value is -3.06. The topological polar surface area (TPSA) is 91.7 Å². The Balaban J connectivity index is 1.41. The highest BCUT2D eigenvalue weighted by molar-refractivity contribution is 7.09. The number of para-hydroxylation sites is 1. The van der Waals surface area contributed by atoms with E-state index in [1.165, 1.54) is 23.5 Å². The third-order valence-corrected chi connectivity index (χ3v) is 4.67. The highest BCUT2D eigenvalue weighted by Crippen LogP contribution is 2.30. The summed E-state index contributed by atoms with van der Waals surface area (Å²) < 4.78 is 5.56. The monoisotopic (exact) mass is 384 g/mol. The van der Waals surface area contributed by atoms with Crippen molar-refractivity contribution in [3.05, 3.63) is 58.9 Å². The van der Waals surface area contributed by atoms with Gasteiger partial charge in [0, 0.05) is 17.4 Å². The van der Waals surface area contributed by atoms with Crippen molar-refractivity contribution in [2.24, 2.45) is 0 Å². The van der Waals surface area contributed by atoms with Crippen molar-refractivity contribution in [1.29, 1.82) is 0 Å². The fraction of sp³-hybridized carbons (Fsp3) is 0.200. The maximum atomic E-state index is 11.9. The molecule has 140 valence electrons. The normalized spacial score (nSPS) is 10.5. The van der Waals surface area contributed by atoms with Gasteiger partial charge in [0.1, 0.15) is 10.8 Å². The van der Waals surface area contributed by atoms with Crippen molar-refractivity contribution in [3.8, 4) is 28.5 Å². The van der Waals surface area contributed by atoms with Crippen LogP contribution < -0.4 is 10.1 Å². The molecule has 0 saturated heterocycles. The zero-order chi connectivity index (χ0) is 19.1. The Bertz CT molecular complexity index is 896. The average Bonchev–Trinajstić information content (AvgIpc) is 3.16. The maximum Gasteiger partial charge on any atom is 0.220 e. The number of benzene rings is 2. The zero-order valence-corrected chi connectivity index (χ0v) is 15.4. The Morgan fingerprint density at radius 1 is 1.11 bits per heavy atom. The molecule has 1 heterocycles. The van der Waals surface area contributed by atoms with E-state index in [4.69, 9.17) is 4.74 Å². The van der Waals surface area contributed by atoms with Gasteiger partial charge in [0.15, 0.2) is 11.5 Å². The van der Waals surface area contributed by atoms with Crippen LogP contribution in [0.1, 0.15) is 17.8 Å². The van der Waals surface area contributed by atoms with Crippen LogP contribution in [0, 0.1) is 0 Å². The fourth-order valence-electron chi connectivity index (χ4n) is 2.41. The quantitative estimate of drug-likeness (QED) is 0.407. The number of carbonyl (C=O) groups excluding carboxylic acids is 1. The summed E-state index contributed by atoms with van der Waals surface area (Å²) in [6, 6.07) is 14.1. The summed E-state index contributed by atoms with van der Waals surface area (Å²) in [5.74, 6) is 0.393. The molecule has 0 bridgehead atoms. The number of nitrogens with one attached hydrogen (secondary N) is 1. The van der Waals surface area contributed by atoms with Crippen molar-refractivity contribution in [3.63, 3.8) is 0 Å². The number of hydrogen-bond acceptors (Lipinski definition) is 6. The molecule has 3 aromatic rings. The van der Waals surface area contributed by atoms with Crippen LogP contribution in [-0.4, -0.2) is 27.7 Å². The molecule has 0 fully saturated rings. The van der Waals surface area contributed by atoms with Crippen molar-refractivity contribution in [2.75, 3.05) is 6.61 Å². The Morgan fingerprint density at radius 3 is 2.70 bits per heavy atom. The Kier molecular flexibility index (Phi) is 6.27. The smallest absolute Gasteiger partial charge is 0.220 e. The molecule has 0 aliphatic rings. The summed E-state index contributed by atoms with van der Waals surface area (Å²) in [4.78, 5) is 16.4. The molecule has 0 radical (unpaired) electrons. The number of ether oxygens (including phenoxy) is 1. The first-order chi connectivity index (χ1) is 13.1. The highest BCUT2D eigenvalue weighted by atomic mass is 32.1. The van der Waals surface area contributed by atoms with Crippen LogP contribution in [0.15, 0.2) is 53.9 Å². The van der Waals surface area contributed by atoms with Crippen LogP contribution in [0.4, 0.5) is 0 Å². The van der Waals surface area contributed by atoms with Crippen LogP contribution in [-0.2, 0) is 11.3 Å². The SMILES string of the molecule is O=C(CCCOc1ccccc1)NCc1nc(-c2ccc(O)c(O)c2)cs1. The number of aromatic hydroxyl groups is 2. The van der Waals surface area contributed by atoms with Crippen molar-refractivity contribution < 1.29 is 19.7 Å². The second kappa shape index (κ2) is 9.05. The number of hydrogen-bond donors (Lipinski definition) is 3. The van der Waals surface area contributed by atoms with E-state index in [-0.39, 0.29) is 17.4 Å². The molecule has 6 nitrogen and oxygen atoms in total. The van der Waals surface area contributed by atoms with Gasteiger partial charge in [0.25, 0.3) is 0 Å². The molecular formula is C20H20N2O4S. The number of nitrogens with zero attached hydrogens (tertiary/aromatic N) is 1. The molecule has 1 aromatic heterocycles. The molecular weight excluding hydrogens is 364 g/mol. The van der Waals surface area contributed by atoms with Gasteiger partial charge in [-0.3, -0.25) is 4.79 Å². The Morgan fingerprint density at radius 2 is 1.93 bits per heavy atom. The second-order valence-electron chi connectivity index (χ2n) is 5.87. The highest BCUT2D eigenvalue weighted by Gasteiger charge is 2.09. The molecule has 1 amide bonds. The summed E-state index contributed by atoms with van der Waals surface area (Å²) in [5, 5.41) is 24.4. The number of phenolic OH excluding ortho intramolecular Hbond substituents is 2. The lowest BCUT2D eigenvalue weighted by molar-refractivity contribution is -0.121. The zero-order valence-electron chi connectivity index (χ0n) is 14.6. The van der Waals surface area contributed by atoms with Crippen LogP contribution in [0.2, 0.25) is 0 Å². The molecule has 3 rings (SSSR count). The van der Waals surface area contributed by atoms with Crippen molar-refractivity contribution in [1.82, 2.24) is 10.3 Å². The minimum absolute atomic E-state index is 0.0503. The lowest BCUT2D eigenvalue weighted by Crippen LogP contribution is -2.22. The molecule has 0 spiro atoms. The lowest BCUT2D eigenvalue weighted by Gasteiger charge is -2.06. The summed E-state index contributed by atoms with van der Waals surface area (Å²) in [6.07, 6.45) is 1.02. The third kappa shape index (κ3) is 5.46. The first-order valence-electron chi connectivity index (χ1n) is 8.53. The van der Waals surface area contributed by atoms with E-state index < -0.39 is 0 Å². The van der Waals surface area contributed by atoms with Gasteiger partial charge in [0.05, 0.1) is 18.8 Å². The minimum atomic E-state index is -0.187. The largest absolute Gasteiger partial charge is 0.504 e. The molecule has 0 aliphatic carbocycles. The van der Waals surface area contributed by atoms with E-state index in [9.17, 15) is 15.0 Å². The minimum Gasteiger partial charge on any atom is -0.504 e. The number of aromatic nitrogens is 1. The van der Waals surface area contributed by atoms with Gasteiger partial charge in [-0.25, -0.2) is 4.98 Å². The van der Waals surface area contributed by atoms with Crippen molar-refractivity contribution >= 4 is 17.2 Å². The summed E-state index contributed by atoms with van der Waals surface area (Å²) >= 11 is 1.43. The number of phenols is 2. The first kappa shape index (κ1) is 18.7. The van der Waals surface area contributed by atoms with Gasteiger partial charge in [0.2, 0.25) is 5.91 Å². The molecule has 3 N–H and O–H groups in total. The number of carbonyl (C=O) groups is 1. The third-order valence-electron chi connectivity index (χ3n) is 3.82. The predicted molar refractivity (Wildman–Crippen MR) is 104 cm³/mol. The lowest BCUT2D eigenvalue weighted by atomic mass is 10.1. The van der Waals surface area contributed by atoms with Gasteiger partial charge in [-0.05, 0) is 36.8 Å². The van der Waals surface area contributed by atoms with Crippen LogP contribution in [0.5, 0.6) is 17.2 Å². The van der Waals surface area contributed by atoms with E-state index >= 15 is 0 Å². The second-order valence-corrected chi connectivity index (χ2v) is 6.81. The molecule has 2 aromatic carbocycles. The maximum absolute atomic E-state index is 11.9. The Labute approximate surface area is 161 Å². The van der Waals surface area contributed by atoms with Gasteiger partial charge >= 0.3 is 0 Å². The van der Waals surface area contributed by atoms with Crippen molar-refractivity contribution in [2.45, 2.75) is 19.4 Å². The first-order valence-corrected chi connectivity index (χ1v) is 9.41. The number of amides is 1. The molecule has 0 atom stereocenters. The molecule has 0 saturated carbocycles. The van der Waals surface area contributed by atoms with Gasteiger partial charge < -0.3 is 20.3 Å². The number of thiazole rings is 1. The van der Waals surface area contributed by atoms with E-state index in [1.54, 1.807) is 6.07 Å². The number of rotatable bonds is 8. The summed E-state index contributed by atoms with van der Waals surface area (Å²) in [5.41, 5.74) is 1.40. The van der Waals surface area contributed by atoms with E-state index in [0.717, 1.165) is 10.8 Å². The van der Waals surface area contributed by atoms with Gasteiger partial charge in [-0.1, -0.05) is 18.2 Å². The molecule has 7 heteroatoms. The average molecular weight is 384 g/mol. The molecule has 0 unspecified atom stereocenters. The molecule has 0 aliphatic heterocycles.